The first kappa shape index (κ1) is 25.1. The summed E-state index contributed by atoms with van der Waals surface area (Å²) in [5.74, 6) is 2.47. The Morgan fingerprint density at radius 1 is 0.865 bits per heavy atom. The van der Waals surface area contributed by atoms with E-state index >= 15 is 0 Å². The second-order valence-corrected chi connectivity index (χ2v) is 9.64. The number of Topliss-reactive ketones (excluding diaryl/α,β-unsaturated/α-hetero) is 1. The molecular formula is C30H33NO6. The maximum Gasteiger partial charge on any atom is 0.168 e. The molecule has 5 rings (SSSR count). The second-order valence-electron chi connectivity index (χ2n) is 9.64. The number of hydrogen-bond donors (Lipinski definition) is 0. The van der Waals surface area contributed by atoms with Crippen molar-refractivity contribution in [1.82, 2.24) is 4.98 Å². The Balaban J connectivity index is 1.51. The van der Waals surface area contributed by atoms with Crippen LogP contribution < -0.4 is 18.9 Å². The van der Waals surface area contributed by atoms with Gasteiger partial charge in [-0.05, 0) is 73.2 Å². The van der Waals surface area contributed by atoms with E-state index in [1.54, 1.807) is 34.6 Å². The van der Waals surface area contributed by atoms with Gasteiger partial charge in [0.15, 0.2) is 28.8 Å². The van der Waals surface area contributed by atoms with E-state index in [2.05, 4.69) is 4.98 Å². The van der Waals surface area contributed by atoms with Crippen LogP contribution in [0.1, 0.15) is 48.1 Å². The molecule has 2 aromatic carbocycles. The summed E-state index contributed by atoms with van der Waals surface area (Å²) in [5.41, 5.74) is 1.99. The highest BCUT2D eigenvalue weighted by Crippen LogP contribution is 2.56. The largest absolute Gasteiger partial charge is 0.493 e. The smallest absolute Gasteiger partial charge is 0.168 e. The maximum atomic E-state index is 14.1. The van der Waals surface area contributed by atoms with Crippen LogP contribution in [0, 0.1) is 5.92 Å². The van der Waals surface area contributed by atoms with Gasteiger partial charge in [-0.3, -0.25) is 9.78 Å². The highest BCUT2D eigenvalue weighted by Gasteiger charge is 2.59. The molecule has 1 aromatic heterocycles. The summed E-state index contributed by atoms with van der Waals surface area (Å²) in [6.07, 6.45) is 4.21. The number of ketones is 1. The SMILES string of the molecule is COc1ccc(C2CCC3(O2)C(=O)C(Cc2ccccn2)CC3c2ccc(OC)c(OC)c2)cc1OC. The summed E-state index contributed by atoms with van der Waals surface area (Å²) in [6, 6.07) is 17.6. The molecular weight excluding hydrogens is 470 g/mol. The molecule has 2 aliphatic rings. The lowest BCUT2D eigenvalue weighted by molar-refractivity contribution is -0.143. The van der Waals surface area contributed by atoms with Gasteiger partial charge in [-0.25, -0.2) is 0 Å². The molecule has 0 bridgehead atoms. The van der Waals surface area contributed by atoms with E-state index in [1.165, 1.54) is 0 Å². The fourth-order valence-corrected chi connectivity index (χ4v) is 5.96. The van der Waals surface area contributed by atoms with E-state index in [0.29, 0.717) is 42.3 Å². The molecule has 0 radical (unpaired) electrons. The van der Waals surface area contributed by atoms with Gasteiger partial charge in [0.1, 0.15) is 5.60 Å². The van der Waals surface area contributed by atoms with E-state index in [1.807, 2.05) is 54.6 Å². The molecule has 4 atom stereocenters. The lowest BCUT2D eigenvalue weighted by atomic mass is 9.82. The first-order valence-electron chi connectivity index (χ1n) is 12.6. The third-order valence-electron chi connectivity index (χ3n) is 7.77. The van der Waals surface area contributed by atoms with Crippen molar-refractivity contribution in [2.75, 3.05) is 28.4 Å². The summed E-state index contributed by atoms with van der Waals surface area (Å²) in [5, 5.41) is 0. The molecule has 1 saturated carbocycles. The van der Waals surface area contributed by atoms with Gasteiger partial charge in [-0.1, -0.05) is 18.2 Å². The molecule has 1 aliphatic carbocycles. The lowest BCUT2D eigenvalue weighted by Gasteiger charge is -2.31. The number of rotatable bonds is 8. The second kappa shape index (κ2) is 10.4. The van der Waals surface area contributed by atoms with Crippen molar-refractivity contribution < 1.29 is 28.5 Å². The van der Waals surface area contributed by atoms with Gasteiger partial charge in [0.25, 0.3) is 0 Å². The van der Waals surface area contributed by atoms with Crippen LogP contribution >= 0.6 is 0 Å². The highest BCUT2D eigenvalue weighted by atomic mass is 16.5. The normalized spacial score (nSPS) is 24.9. The molecule has 1 saturated heterocycles. The standard InChI is InChI=1S/C30H33NO6/c1-33-25-10-8-19(17-27(25)35-3)23-16-21(15-22-7-5-6-14-31-22)29(32)30(23)13-12-24(37-30)20-9-11-26(34-2)28(18-20)36-4/h5-11,14,17-18,21,23-24H,12-13,15-16H2,1-4H3. The molecule has 1 spiro atoms. The van der Waals surface area contributed by atoms with E-state index < -0.39 is 5.60 Å². The Morgan fingerprint density at radius 3 is 2.14 bits per heavy atom. The molecule has 7 heteroatoms. The Bertz CT molecular complexity index is 1260. The van der Waals surface area contributed by atoms with Crippen LogP contribution in [0.5, 0.6) is 23.0 Å². The first-order chi connectivity index (χ1) is 18.0. The number of methoxy groups -OCH3 is 4. The Hall–Kier alpha value is -3.58. The highest BCUT2D eigenvalue weighted by molar-refractivity contribution is 5.94. The molecule has 194 valence electrons. The van der Waals surface area contributed by atoms with Crippen LogP contribution in [0.2, 0.25) is 0 Å². The molecule has 37 heavy (non-hydrogen) atoms. The number of pyridine rings is 1. The molecule has 3 aromatic rings. The Labute approximate surface area is 217 Å². The summed E-state index contributed by atoms with van der Waals surface area (Å²) in [7, 11) is 6.48. The monoisotopic (exact) mass is 503 g/mol. The maximum absolute atomic E-state index is 14.1. The molecule has 2 fully saturated rings. The van der Waals surface area contributed by atoms with Gasteiger partial charge in [0, 0.05) is 23.7 Å². The number of carbonyl (C=O) groups is 1. The van der Waals surface area contributed by atoms with Crippen molar-refractivity contribution in [2.24, 2.45) is 5.92 Å². The lowest BCUT2D eigenvalue weighted by Crippen LogP contribution is -2.40. The van der Waals surface area contributed by atoms with Crippen LogP contribution in [0.15, 0.2) is 60.8 Å². The number of nitrogens with zero attached hydrogens (tertiary/aromatic N) is 1. The van der Waals surface area contributed by atoms with Crippen molar-refractivity contribution in [2.45, 2.75) is 43.3 Å². The molecule has 7 nitrogen and oxygen atoms in total. The van der Waals surface area contributed by atoms with E-state index in [0.717, 1.165) is 23.2 Å². The average molecular weight is 504 g/mol. The molecule has 1 aliphatic heterocycles. The van der Waals surface area contributed by atoms with Crippen molar-refractivity contribution in [3.05, 3.63) is 77.6 Å². The fraction of sp³-hybridized carbons (Fsp3) is 0.400. The average Bonchev–Trinajstić information content (AvgIpc) is 3.51. The summed E-state index contributed by atoms with van der Waals surface area (Å²) >= 11 is 0. The van der Waals surface area contributed by atoms with Gasteiger partial charge < -0.3 is 23.7 Å². The predicted molar refractivity (Wildman–Crippen MR) is 139 cm³/mol. The molecule has 0 N–H and O–H groups in total. The predicted octanol–water partition coefficient (Wildman–Crippen LogP) is 5.32. The van der Waals surface area contributed by atoms with Gasteiger partial charge in [0.05, 0.1) is 34.5 Å². The number of ether oxygens (including phenoxy) is 5. The third kappa shape index (κ3) is 4.53. The Kier molecular flexibility index (Phi) is 7.07. The topological polar surface area (TPSA) is 76.1 Å². The first-order valence-corrected chi connectivity index (χ1v) is 12.6. The molecule has 0 amide bonds. The summed E-state index contributed by atoms with van der Waals surface area (Å²) in [4.78, 5) is 18.6. The van der Waals surface area contributed by atoms with Crippen LogP contribution in [0.4, 0.5) is 0 Å². The molecule has 2 heterocycles. The minimum atomic E-state index is -0.920. The van der Waals surface area contributed by atoms with E-state index in [-0.39, 0.29) is 23.7 Å². The summed E-state index contributed by atoms with van der Waals surface area (Å²) < 4.78 is 28.8. The van der Waals surface area contributed by atoms with Crippen molar-refractivity contribution in [3.8, 4) is 23.0 Å². The van der Waals surface area contributed by atoms with E-state index in [4.69, 9.17) is 23.7 Å². The van der Waals surface area contributed by atoms with Crippen molar-refractivity contribution in [3.63, 3.8) is 0 Å². The minimum absolute atomic E-state index is 0.112. The van der Waals surface area contributed by atoms with Gasteiger partial charge in [0.2, 0.25) is 0 Å². The van der Waals surface area contributed by atoms with Gasteiger partial charge in [-0.15, -0.1) is 0 Å². The summed E-state index contributed by atoms with van der Waals surface area (Å²) in [6.45, 7) is 0. The van der Waals surface area contributed by atoms with Crippen molar-refractivity contribution >= 4 is 5.78 Å². The zero-order valence-electron chi connectivity index (χ0n) is 21.7. The number of benzene rings is 2. The number of carbonyl (C=O) groups excluding carboxylic acids is 1. The van der Waals surface area contributed by atoms with Crippen LogP contribution in [0.25, 0.3) is 0 Å². The Morgan fingerprint density at radius 2 is 1.51 bits per heavy atom. The third-order valence-corrected chi connectivity index (χ3v) is 7.77. The zero-order valence-corrected chi connectivity index (χ0v) is 21.7. The van der Waals surface area contributed by atoms with Crippen LogP contribution in [0.3, 0.4) is 0 Å². The quantitative estimate of drug-likeness (QED) is 0.412. The molecule has 4 unspecified atom stereocenters. The fourth-order valence-electron chi connectivity index (χ4n) is 5.96. The number of hydrogen-bond acceptors (Lipinski definition) is 7. The van der Waals surface area contributed by atoms with Crippen LogP contribution in [-0.4, -0.2) is 44.8 Å². The van der Waals surface area contributed by atoms with Gasteiger partial charge in [-0.2, -0.15) is 0 Å². The minimum Gasteiger partial charge on any atom is -0.493 e. The van der Waals surface area contributed by atoms with Crippen LogP contribution in [-0.2, 0) is 16.0 Å². The zero-order chi connectivity index (χ0) is 26.0. The van der Waals surface area contributed by atoms with Crippen molar-refractivity contribution in [1.29, 1.82) is 0 Å². The van der Waals surface area contributed by atoms with E-state index in [9.17, 15) is 4.79 Å². The van der Waals surface area contributed by atoms with Gasteiger partial charge >= 0.3 is 0 Å². The number of aromatic nitrogens is 1.